The smallest absolute Gasteiger partial charge is 0.306 e. The highest BCUT2D eigenvalue weighted by Crippen LogP contribution is 2.24. The Kier molecular flexibility index (Phi) is 5.36. The highest BCUT2D eigenvalue weighted by atomic mass is 35.5. The Balaban J connectivity index is 2.37. The zero-order valence-corrected chi connectivity index (χ0v) is 14.2. The van der Waals surface area contributed by atoms with Crippen molar-refractivity contribution >= 4 is 38.9 Å². The number of hydrogen-bond donors (Lipinski definition) is 2. The normalized spacial score (nSPS) is 11.2. The molecular formula is C14H11ClFN3O5S. The second kappa shape index (κ2) is 7.13. The Morgan fingerprint density at radius 3 is 2.52 bits per heavy atom. The molecule has 1 amide bonds. The number of nitro groups is 1. The monoisotopic (exact) mass is 387 g/mol. The third-order valence-electron chi connectivity index (χ3n) is 3.16. The molecule has 0 aliphatic rings. The van der Waals surface area contributed by atoms with Gasteiger partial charge in [0.05, 0.1) is 20.4 Å². The molecular weight excluding hydrogens is 377 g/mol. The van der Waals surface area contributed by atoms with E-state index in [0.717, 1.165) is 24.3 Å². The van der Waals surface area contributed by atoms with E-state index in [1.54, 1.807) is 0 Å². The van der Waals surface area contributed by atoms with Gasteiger partial charge in [-0.3, -0.25) is 14.9 Å². The van der Waals surface area contributed by atoms with Crippen LogP contribution in [0.2, 0.25) is 5.02 Å². The molecule has 0 bridgehead atoms. The predicted octanol–water partition coefficient (Wildman–Crippen LogP) is 2.55. The molecule has 0 fully saturated rings. The van der Waals surface area contributed by atoms with Gasteiger partial charge < -0.3 is 5.32 Å². The Morgan fingerprint density at radius 1 is 1.24 bits per heavy atom. The quantitative estimate of drug-likeness (QED) is 0.603. The maximum atomic E-state index is 13.3. The van der Waals surface area contributed by atoms with Gasteiger partial charge in [-0.25, -0.2) is 13.1 Å². The van der Waals surface area contributed by atoms with Crippen molar-refractivity contribution in [3.05, 3.63) is 62.9 Å². The molecule has 0 spiro atoms. The lowest BCUT2D eigenvalue weighted by Gasteiger charge is -2.09. The van der Waals surface area contributed by atoms with Gasteiger partial charge in [0.15, 0.2) is 0 Å². The van der Waals surface area contributed by atoms with Crippen molar-refractivity contribution in [2.24, 2.45) is 0 Å². The molecule has 8 nitrogen and oxygen atoms in total. The van der Waals surface area contributed by atoms with Gasteiger partial charge in [-0.05, 0) is 37.4 Å². The summed E-state index contributed by atoms with van der Waals surface area (Å²) in [6.45, 7) is 0. The van der Waals surface area contributed by atoms with Crippen LogP contribution in [0.25, 0.3) is 0 Å². The van der Waals surface area contributed by atoms with Gasteiger partial charge in [0.1, 0.15) is 0 Å². The van der Waals surface area contributed by atoms with Gasteiger partial charge in [-0.15, -0.1) is 0 Å². The van der Waals surface area contributed by atoms with Gasteiger partial charge in [0, 0.05) is 11.8 Å². The third-order valence-corrected chi connectivity index (χ3v) is 4.90. The van der Waals surface area contributed by atoms with Gasteiger partial charge in [-0.2, -0.15) is 4.39 Å². The maximum Gasteiger partial charge on any atom is 0.306 e. The fourth-order valence-electron chi connectivity index (χ4n) is 1.89. The number of nitrogens with zero attached hydrogens (tertiary/aromatic N) is 1. The number of nitrogens with one attached hydrogen (secondary N) is 2. The van der Waals surface area contributed by atoms with Gasteiger partial charge in [0.25, 0.3) is 5.91 Å². The highest BCUT2D eigenvalue weighted by molar-refractivity contribution is 7.89. The third kappa shape index (κ3) is 4.10. The van der Waals surface area contributed by atoms with Crippen molar-refractivity contribution in [2.45, 2.75) is 4.90 Å². The molecule has 2 N–H and O–H groups in total. The first kappa shape index (κ1) is 18.8. The van der Waals surface area contributed by atoms with Crippen molar-refractivity contribution in [2.75, 3.05) is 12.4 Å². The minimum absolute atomic E-state index is 0.0239. The molecule has 0 atom stereocenters. The summed E-state index contributed by atoms with van der Waals surface area (Å²) in [7, 11) is -2.59. The summed E-state index contributed by atoms with van der Waals surface area (Å²) in [5.74, 6) is -1.86. The molecule has 0 aliphatic heterocycles. The van der Waals surface area contributed by atoms with Crippen LogP contribution in [-0.4, -0.2) is 26.3 Å². The Bertz CT molecular complexity index is 965. The molecule has 25 heavy (non-hydrogen) atoms. The average Bonchev–Trinajstić information content (AvgIpc) is 2.56. The summed E-state index contributed by atoms with van der Waals surface area (Å²) in [5.41, 5.74) is -1.02. The summed E-state index contributed by atoms with van der Waals surface area (Å²) in [5, 5.41) is 13.0. The summed E-state index contributed by atoms with van der Waals surface area (Å²) in [6.07, 6.45) is 0. The van der Waals surface area contributed by atoms with E-state index < -0.39 is 32.4 Å². The molecule has 0 unspecified atom stereocenters. The SMILES string of the molecule is CNS(=O)(=O)c1ccc(Cl)c(C(=O)Nc2ccc(F)c([N+](=O)[O-])c2)c1. The van der Waals surface area contributed by atoms with E-state index in [4.69, 9.17) is 11.6 Å². The number of benzene rings is 2. The van der Waals surface area contributed by atoms with Crippen molar-refractivity contribution < 1.29 is 22.5 Å². The van der Waals surface area contributed by atoms with Crippen LogP contribution in [0.1, 0.15) is 10.4 Å². The van der Waals surface area contributed by atoms with Crippen LogP contribution in [0.15, 0.2) is 41.3 Å². The molecule has 0 aromatic heterocycles. The summed E-state index contributed by atoms with van der Waals surface area (Å²) in [4.78, 5) is 21.9. The van der Waals surface area contributed by atoms with Crippen LogP contribution in [0.3, 0.4) is 0 Å². The lowest BCUT2D eigenvalue weighted by molar-refractivity contribution is -0.387. The van der Waals surface area contributed by atoms with E-state index in [0.29, 0.717) is 0 Å². The molecule has 11 heteroatoms. The molecule has 0 heterocycles. The molecule has 0 saturated carbocycles. The van der Waals surface area contributed by atoms with Crippen molar-refractivity contribution in [1.82, 2.24) is 4.72 Å². The van der Waals surface area contributed by atoms with Crippen LogP contribution >= 0.6 is 11.6 Å². The fraction of sp³-hybridized carbons (Fsp3) is 0.0714. The largest absolute Gasteiger partial charge is 0.322 e. The molecule has 2 aromatic rings. The standard InChI is InChI=1S/C14H11ClFN3O5S/c1-17-25(23,24)9-3-4-11(15)10(7-9)14(20)18-8-2-5-12(16)13(6-8)19(21)22/h2-7,17H,1H3,(H,18,20). The number of rotatable bonds is 5. The molecule has 0 radical (unpaired) electrons. The zero-order valence-electron chi connectivity index (χ0n) is 12.6. The lowest BCUT2D eigenvalue weighted by Crippen LogP contribution is -2.20. The minimum atomic E-state index is -3.79. The van der Waals surface area contributed by atoms with Crippen LogP contribution in [0, 0.1) is 15.9 Å². The predicted molar refractivity (Wildman–Crippen MR) is 88.7 cm³/mol. The van der Waals surface area contributed by atoms with E-state index in [1.807, 2.05) is 0 Å². The van der Waals surface area contributed by atoms with Crippen LogP contribution < -0.4 is 10.0 Å². The van der Waals surface area contributed by atoms with Crippen molar-refractivity contribution in [3.8, 4) is 0 Å². The number of carbonyl (C=O) groups is 1. The Morgan fingerprint density at radius 2 is 1.92 bits per heavy atom. The first-order chi connectivity index (χ1) is 11.7. The number of anilines is 1. The average molecular weight is 388 g/mol. The van der Waals surface area contributed by atoms with E-state index in [-0.39, 0.29) is 21.2 Å². The number of sulfonamides is 1. The first-order valence-electron chi connectivity index (χ1n) is 6.64. The van der Waals surface area contributed by atoms with Crippen molar-refractivity contribution in [1.29, 1.82) is 0 Å². The molecule has 2 rings (SSSR count). The molecule has 2 aromatic carbocycles. The molecule has 0 saturated heterocycles. The van der Waals surface area contributed by atoms with Crippen LogP contribution in [0.4, 0.5) is 15.8 Å². The summed E-state index contributed by atoms with van der Waals surface area (Å²) >= 11 is 5.91. The van der Waals surface area contributed by atoms with Crippen LogP contribution in [0.5, 0.6) is 0 Å². The van der Waals surface area contributed by atoms with E-state index in [9.17, 15) is 27.7 Å². The molecule has 132 valence electrons. The summed E-state index contributed by atoms with van der Waals surface area (Å²) in [6, 6.07) is 6.30. The second-order valence-electron chi connectivity index (χ2n) is 4.73. The van der Waals surface area contributed by atoms with E-state index in [2.05, 4.69) is 10.0 Å². The zero-order chi connectivity index (χ0) is 18.8. The van der Waals surface area contributed by atoms with E-state index >= 15 is 0 Å². The Labute approximate surface area is 146 Å². The summed E-state index contributed by atoms with van der Waals surface area (Å²) < 4.78 is 39.0. The van der Waals surface area contributed by atoms with Gasteiger partial charge in [0.2, 0.25) is 15.8 Å². The fourth-order valence-corrected chi connectivity index (χ4v) is 2.85. The number of halogens is 2. The van der Waals surface area contributed by atoms with Crippen LogP contribution in [-0.2, 0) is 10.0 Å². The number of hydrogen-bond acceptors (Lipinski definition) is 5. The first-order valence-corrected chi connectivity index (χ1v) is 8.50. The van der Waals surface area contributed by atoms with Gasteiger partial charge >= 0.3 is 5.69 Å². The molecule has 0 aliphatic carbocycles. The lowest BCUT2D eigenvalue weighted by atomic mass is 10.2. The van der Waals surface area contributed by atoms with Crippen molar-refractivity contribution in [3.63, 3.8) is 0 Å². The second-order valence-corrected chi connectivity index (χ2v) is 7.02. The number of amides is 1. The maximum absolute atomic E-state index is 13.3. The highest BCUT2D eigenvalue weighted by Gasteiger charge is 2.19. The topological polar surface area (TPSA) is 118 Å². The van der Waals surface area contributed by atoms with Gasteiger partial charge in [-0.1, -0.05) is 11.6 Å². The number of carbonyl (C=O) groups excluding carboxylic acids is 1. The minimum Gasteiger partial charge on any atom is -0.322 e. The number of nitro benzene ring substituents is 1. The Hall–Kier alpha value is -2.56. The van der Waals surface area contributed by atoms with E-state index in [1.165, 1.54) is 19.2 Å².